The molecule has 0 unspecified atom stereocenters. The van der Waals surface area contributed by atoms with Gasteiger partial charge in [0.2, 0.25) is 0 Å². The van der Waals surface area contributed by atoms with E-state index in [0.29, 0.717) is 45.6 Å². The van der Waals surface area contributed by atoms with E-state index in [2.05, 4.69) is 155 Å². The number of furan rings is 2. The molecule has 1 N–H and O–H groups in total. The van der Waals surface area contributed by atoms with Gasteiger partial charge in [0.25, 0.3) is 0 Å². The molecule has 0 amide bonds. The molecular formula is C86H53ClN8O2. The third-order valence-electron chi connectivity index (χ3n) is 18.0. The molecule has 11 heteroatoms. The maximum absolute atomic E-state index is 6.79. The largest absolute Gasteiger partial charge is 0.454 e. The molecule has 0 aliphatic rings. The fourth-order valence-corrected chi connectivity index (χ4v) is 13.7. The molecule has 0 spiro atoms. The lowest BCUT2D eigenvalue weighted by molar-refractivity contribution is 0.666. The van der Waals surface area contributed by atoms with Gasteiger partial charge in [0.15, 0.2) is 46.1 Å². The van der Waals surface area contributed by atoms with Crippen LogP contribution in [-0.4, -0.2) is 39.5 Å². The predicted octanol–water partition coefficient (Wildman–Crippen LogP) is 22.9. The first-order valence-electron chi connectivity index (χ1n) is 32.1. The average Bonchev–Trinajstić information content (AvgIpc) is 1.58. The van der Waals surface area contributed by atoms with Crippen LogP contribution in [0.4, 0.5) is 0 Å². The number of nitrogens with zero attached hydrogens (tertiary/aromatic N) is 7. The summed E-state index contributed by atoms with van der Waals surface area (Å²) in [5.41, 5.74) is 14.1. The van der Waals surface area contributed by atoms with Crippen molar-refractivity contribution in [1.82, 2.24) is 39.5 Å². The molecule has 0 fully saturated rings. The number of nitrogens with one attached hydrogen (secondary N) is 1. The zero-order chi connectivity index (χ0) is 64.3. The first kappa shape index (κ1) is 56.8. The number of para-hydroxylation sites is 4. The van der Waals surface area contributed by atoms with E-state index in [9.17, 15) is 0 Å². The number of rotatable bonds is 7. The molecule has 0 bridgehead atoms. The SMILES string of the molecule is Clc1ccc(-c2nc(-c3ccccc3)nc(-c3ccccc3)n2)c2c1oc1ccccc12.c1ccc(-c2nc(-c3ccccc3)nc(-c3ccc(-n4c5ccccc5c5cc6ccccc6cc54)c4oc5ccccc5c34)n2)cc1.c1ccc2cc3c(cc2c1)[nH]c1ccccc13. The molecule has 456 valence electrons. The van der Waals surface area contributed by atoms with Crippen molar-refractivity contribution in [1.29, 1.82) is 0 Å². The summed E-state index contributed by atoms with van der Waals surface area (Å²) in [4.78, 5) is 33.1. The Balaban J connectivity index is 0.000000119. The zero-order valence-corrected chi connectivity index (χ0v) is 52.6. The number of hydrogen-bond donors (Lipinski definition) is 1. The Labute approximate surface area is 560 Å². The van der Waals surface area contributed by atoms with Crippen LogP contribution in [0.2, 0.25) is 5.02 Å². The molecule has 97 heavy (non-hydrogen) atoms. The van der Waals surface area contributed by atoms with E-state index in [-0.39, 0.29) is 0 Å². The fourth-order valence-electron chi connectivity index (χ4n) is 13.5. The predicted molar refractivity (Wildman–Crippen MR) is 397 cm³/mol. The molecule has 0 aliphatic carbocycles. The van der Waals surface area contributed by atoms with Crippen LogP contribution in [-0.2, 0) is 0 Å². The first-order valence-corrected chi connectivity index (χ1v) is 32.5. The minimum atomic E-state index is 0.556. The molecule has 20 rings (SSSR count). The topological polar surface area (TPSA) is 124 Å². The van der Waals surface area contributed by atoms with Gasteiger partial charge in [-0.1, -0.05) is 254 Å². The minimum Gasteiger partial charge on any atom is -0.454 e. The van der Waals surface area contributed by atoms with Crippen LogP contribution in [0.5, 0.6) is 0 Å². The Morgan fingerprint density at radius 3 is 1.21 bits per heavy atom. The van der Waals surface area contributed by atoms with E-state index >= 15 is 0 Å². The van der Waals surface area contributed by atoms with Crippen molar-refractivity contribution < 1.29 is 8.83 Å². The summed E-state index contributed by atoms with van der Waals surface area (Å²) >= 11 is 6.50. The number of hydrogen-bond acceptors (Lipinski definition) is 8. The Hall–Kier alpha value is -12.9. The van der Waals surface area contributed by atoms with E-state index in [1.54, 1.807) is 0 Å². The van der Waals surface area contributed by atoms with Crippen molar-refractivity contribution >= 4 is 121 Å². The van der Waals surface area contributed by atoms with Gasteiger partial charge in [0, 0.05) is 87.5 Å². The number of fused-ring (bicyclic) bond motifs is 14. The highest BCUT2D eigenvalue weighted by atomic mass is 35.5. The number of benzene rings is 14. The molecule has 0 aliphatic heterocycles. The summed E-state index contributed by atoms with van der Waals surface area (Å²) in [6, 6.07) is 107. The highest BCUT2D eigenvalue weighted by Gasteiger charge is 2.24. The van der Waals surface area contributed by atoms with Gasteiger partial charge >= 0.3 is 0 Å². The molecule has 10 nitrogen and oxygen atoms in total. The third kappa shape index (κ3) is 10.2. The van der Waals surface area contributed by atoms with Gasteiger partial charge in [0.05, 0.1) is 21.7 Å². The van der Waals surface area contributed by atoms with E-state index in [1.807, 2.05) is 170 Å². The quantitative estimate of drug-likeness (QED) is 0.167. The molecule has 0 saturated carbocycles. The van der Waals surface area contributed by atoms with Crippen LogP contribution >= 0.6 is 11.6 Å². The Bertz CT molecular complexity index is 6280. The number of aromatic nitrogens is 8. The Morgan fingerprint density at radius 2 is 0.670 bits per heavy atom. The molecule has 0 saturated heterocycles. The zero-order valence-electron chi connectivity index (χ0n) is 51.8. The summed E-state index contributed by atoms with van der Waals surface area (Å²) in [6.07, 6.45) is 0. The summed E-state index contributed by atoms with van der Waals surface area (Å²) in [7, 11) is 0. The first-order chi connectivity index (χ1) is 48.0. The van der Waals surface area contributed by atoms with Crippen LogP contribution in [0.3, 0.4) is 0 Å². The second-order valence-corrected chi connectivity index (χ2v) is 24.3. The summed E-state index contributed by atoms with van der Waals surface area (Å²) in [6.45, 7) is 0. The molecular weight excluding hydrogens is 1210 g/mol. The monoisotopic (exact) mass is 1260 g/mol. The van der Waals surface area contributed by atoms with Crippen molar-refractivity contribution in [3.63, 3.8) is 0 Å². The fraction of sp³-hybridized carbons (Fsp3) is 0. The number of halogens is 1. The van der Waals surface area contributed by atoms with Crippen molar-refractivity contribution in [2.45, 2.75) is 0 Å². The molecule has 20 aromatic rings. The second kappa shape index (κ2) is 23.9. The van der Waals surface area contributed by atoms with Crippen molar-refractivity contribution in [3.05, 3.63) is 320 Å². The summed E-state index contributed by atoms with van der Waals surface area (Å²) in [5, 5.41) is 14.4. The Morgan fingerprint density at radius 1 is 0.278 bits per heavy atom. The normalized spacial score (nSPS) is 11.6. The standard InChI is InChI=1S/C43H26N4O.C27H16ClN3O.C16H11N/c1-3-13-27(14-4-1)41-44-42(28-15-5-2-6-16-28)46-43(45-41)33-23-24-36(40-39(33)32-20-10-12-22-38(32)48-40)47-35-21-11-9-19-31(35)34-25-29-17-7-8-18-30(29)26-37(34)47;28-21-16-15-20(23-19-13-7-8-14-22(19)32-24(21)23)27-30-25(17-9-3-1-4-10-17)29-26(31-27)18-11-5-2-6-12-18;1-2-6-12-10-16-14(9-11(12)5-1)13-7-3-4-8-15(13)17-16/h1-26H;1-16H;1-10,17H. The number of H-pyrrole nitrogens is 1. The highest BCUT2D eigenvalue weighted by molar-refractivity contribution is 6.36. The maximum Gasteiger partial charge on any atom is 0.164 e. The van der Waals surface area contributed by atoms with Gasteiger partial charge in [-0.15, -0.1) is 0 Å². The van der Waals surface area contributed by atoms with Gasteiger partial charge < -0.3 is 18.4 Å². The van der Waals surface area contributed by atoms with Gasteiger partial charge in [-0.25, -0.2) is 29.9 Å². The molecule has 0 atom stereocenters. The van der Waals surface area contributed by atoms with Crippen LogP contribution in [0.25, 0.3) is 183 Å². The van der Waals surface area contributed by atoms with Gasteiger partial charge in [-0.3, -0.25) is 0 Å². The van der Waals surface area contributed by atoms with Crippen molar-refractivity contribution in [2.75, 3.05) is 0 Å². The van der Waals surface area contributed by atoms with E-state index in [0.717, 1.165) is 88.4 Å². The number of aromatic amines is 1. The Kier molecular flexibility index (Phi) is 14.0. The van der Waals surface area contributed by atoms with E-state index in [4.69, 9.17) is 50.3 Å². The molecule has 6 heterocycles. The summed E-state index contributed by atoms with van der Waals surface area (Å²) in [5.74, 6) is 3.65. The lowest BCUT2D eigenvalue weighted by atomic mass is 10.0. The molecule has 0 radical (unpaired) electrons. The van der Waals surface area contributed by atoms with Crippen LogP contribution < -0.4 is 0 Å². The summed E-state index contributed by atoms with van der Waals surface area (Å²) < 4.78 is 15.2. The second-order valence-electron chi connectivity index (χ2n) is 23.9. The molecule has 14 aromatic carbocycles. The van der Waals surface area contributed by atoms with Crippen LogP contribution in [0.15, 0.2) is 324 Å². The van der Waals surface area contributed by atoms with Crippen molar-refractivity contribution in [2.24, 2.45) is 0 Å². The van der Waals surface area contributed by atoms with Crippen LogP contribution in [0.1, 0.15) is 0 Å². The van der Waals surface area contributed by atoms with Crippen molar-refractivity contribution in [3.8, 4) is 74.0 Å². The third-order valence-corrected chi connectivity index (χ3v) is 18.3. The van der Waals surface area contributed by atoms with Crippen LogP contribution in [0, 0.1) is 0 Å². The van der Waals surface area contributed by atoms with E-state index < -0.39 is 0 Å². The lowest BCUT2D eigenvalue weighted by Gasteiger charge is -2.12. The smallest absolute Gasteiger partial charge is 0.164 e. The van der Waals surface area contributed by atoms with E-state index in [1.165, 1.54) is 54.1 Å². The van der Waals surface area contributed by atoms with Gasteiger partial charge in [-0.2, -0.15) is 0 Å². The van der Waals surface area contributed by atoms with Gasteiger partial charge in [-0.05, 0) is 94.3 Å². The molecule has 6 aromatic heterocycles. The maximum atomic E-state index is 6.79. The average molecular weight is 1270 g/mol. The highest BCUT2D eigenvalue weighted by Crippen LogP contribution is 2.44. The van der Waals surface area contributed by atoms with Gasteiger partial charge in [0.1, 0.15) is 11.2 Å². The minimum absolute atomic E-state index is 0.556. The lowest BCUT2D eigenvalue weighted by Crippen LogP contribution is -2.01.